The largest absolute Gasteiger partial charge is 0.484 e. The van der Waals surface area contributed by atoms with Crippen LogP contribution in [0.1, 0.15) is 28.9 Å². The third-order valence-corrected chi connectivity index (χ3v) is 3.53. The minimum Gasteiger partial charge on any atom is -0.484 e. The first kappa shape index (κ1) is 16.7. The summed E-state index contributed by atoms with van der Waals surface area (Å²) in [7, 11) is 0. The molecule has 3 rings (SSSR count). The molecule has 0 aliphatic heterocycles. The van der Waals surface area contributed by atoms with E-state index in [-0.39, 0.29) is 24.2 Å². The smallest absolute Gasteiger partial charge is 0.273 e. The van der Waals surface area contributed by atoms with Gasteiger partial charge in [-0.15, -0.1) is 0 Å². The fourth-order valence-electron chi connectivity index (χ4n) is 2.36. The summed E-state index contributed by atoms with van der Waals surface area (Å²) in [5.41, 5.74) is 1.30. The average Bonchev–Trinajstić information content (AvgIpc) is 3.11. The van der Waals surface area contributed by atoms with E-state index < -0.39 is 0 Å². The van der Waals surface area contributed by atoms with E-state index in [1.165, 1.54) is 6.26 Å². The summed E-state index contributed by atoms with van der Waals surface area (Å²) in [4.78, 5) is 20.5. The number of rotatable bonds is 7. The Balaban J connectivity index is 1.51. The molecule has 0 radical (unpaired) electrons. The number of pyridine rings is 1. The van der Waals surface area contributed by atoms with Crippen LogP contribution in [-0.4, -0.2) is 21.9 Å². The zero-order valence-electron chi connectivity index (χ0n) is 13.9. The number of carbonyl (C=O) groups is 1. The molecule has 1 atom stereocenters. The maximum Gasteiger partial charge on any atom is 0.273 e. The highest BCUT2D eigenvalue weighted by Gasteiger charge is 2.15. The molecule has 1 N–H and O–H groups in total. The van der Waals surface area contributed by atoms with Crippen LogP contribution in [0.15, 0.2) is 65.5 Å². The lowest BCUT2D eigenvalue weighted by molar-refractivity contribution is 0.0935. The van der Waals surface area contributed by atoms with Crippen LogP contribution < -0.4 is 10.1 Å². The molecule has 25 heavy (non-hydrogen) atoms. The molecule has 2 heterocycles. The topological polar surface area (TPSA) is 77.2 Å². The fraction of sp³-hybridized carbons (Fsp3) is 0.211. The quantitative estimate of drug-likeness (QED) is 0.717. The predicted molar refractivity (Wildman–Crippen MR) is 92.1 cm³/mol. The Labute approximate surface area is 145 Å². The molecule has 128 valence electrons. The van der Waals surface area contributed by atoms with Gasteiger partial charge in [0.15, 0.2) is 12.3 Å². The Kier molecular flexibility index (Phi) is 5.41. The van der Waals surface area contributed by atoms with Crippen molar-refractivity contribution in [2.24, 2.45) is 0 Å². The first-order valence-electron chi connectivity index (χ1n) is 8.03. The second-order valence-corrected chi connectivity index (χ2v) is 5.67. The molecule has 0 saturated carbocycles. The molecule has 1 unspecified atom stereocenters. The van der Waals surface area contributed by atoms with Crippen LogP contribution in [0.5, 0.6) is 5.75 Å². The lowest BCUT2D eigenvalue weighted by atomic mass is 10.1. The first-order chi connectivity index (χ1) is 12.2. The number of carbonyl (C=O) groups excluding carboxylic acids is 1. The third-order valence-electron chi connectivity index (χ3n) is 3.53. The lowest BCUT2D eigenvalue weighted by Crippen LogP contribution is -2.34. The summed E-state index contributed by atoms with van der Waals surface area (Å²) >= 11 is 0. The molecule has 6 nitrogen and oxygen atoms in total. The highest BCUT2D eigenvalue weighted by Crippen LogP contribution is 2.12. The van der Waals surface area contributed by atoms with Gasteiger partial charge in [-0.3, -0.25) is 9.78 Å². The summed E-state index contributed by atoms with van der Waals surface area (Å²) in [6.45, 7) is 2.10. The van der Waals surface area contributed by atoms with Crippen LogP contribution in [0.4, 0.5) is 0 Å². The first-order valence-corrected chi connectivity index (χ1v) is 8.03. The lowest BCUT2D eigenvalue weighted by Gasteiger charge is -2.12. The zero-order valence-corrected chi connectivity index (χ0v) is 13.9. The fourth-order valence-corrected chi connectivity index (χ4v) is 2.36. The van der Waals surface area contributed by atoms with Crippen LogP contribution in [0.3, 0.4) is 0 Å². The van der Waals surface area contributed by atoms with E-state index in [1.807, 2.05) is 49.4 Å². The van der Waals surface area contributed by atoms with Crippen molar-refractivity contribution in [2.45, 2.75) is 26.0 Å². The monoisotopic (exact) mass is 337 g/mol. The van der Waals surface area contributed by atoms with E-state index in [0.717, 1.165) is 11.3 Å². The number of nitrogens with zero attached hydrogens (tertiary/aromatic N) is 2. The second kappa shape index (κ2) is 8.10. The van der Waals surface area contributed by atoms with Crippen LogP contribution in [0.2, 0.25) is 0 Å². The third kappa shape index (κ3) is 4.91. The van der Waals surface area contributed by atoms with Gasteiger partial charge in [-0.25, -0.2) is 4.98 Å². The van der Waals surface area contributed by atoms with E-state index in [4.69, 9.17) is 9.15 Å². The molecule has 1 amide bonds. The summed E-state index contributed by atoms with van der Waals surface area (Å²) in [6, 6.07) is 13.2. The average molecular weight is 337 g/mol. The highest BCUT2D eigenvalue weighted by atomic mass is 16.5. The van der Waals surface area contributed by atoms with Gasteiger partial charge in [0.1, 0.15) is 12.0 Å². The molecular formula is C19H19N3O3. The van der Waals surface area contributed by atoms with E-state index in [9.17, 15) is 4.79 Å². The minimum absolute atomic E-state index is 0.0441. The molecule has 3 aromatic rings. The van der Waals surface area contributed by atoms with Crippen LogP contribution >= 0.6 is 0 Å². The normalized spacial score (nSPS) is 11.7. The van der Waals surface area contributed by atoms with Gasteiger partial charge in [-0.1, -0.05) is 24.3 Å². The van der Waals surface area contributed by atoms with Gasteiger partial charge in [-0.2, -0.15) is 0 Å². The molecule has 1 aromatic carbocycles. The maximum absolute atomic E-state index is 12.2. The number of aromatic nitrogens is 2. The van der Waals surface area contributed by atoms with Crippen molar-refractivity contribution in [1.82, 2.24) is 15.3 Å². The summed E-state index contributed by atoms with van der Waals surface area (Å²) in [6.07, 6.45) is 5.55. The van der Waals surface area contributed by atoms with Gasteiger partial charge in [0.05, 0.1) is 0 Å². The molecular weight excluding hydrogens is 318 g/mol. The molecule has 6 heteroatoms. The molecule has 2 aromatic heterocycles. The van der Waals surface area contributed by atoms with Gasteiger partial charge >= 0.3 is 0 Å². The van der Waals surface area contributed by atoms with Crippen LogP contribution in [0, 0.1) is 0 Å². The summed E-state index contributed by atoms with van der Waals surface area (Å²) in [5, 5.41) is 2.90. The van der Waals surface area contributed by atoms with E-state index in [2.05, 4.69) is 15.3 Å². The number of ether oxygens (including phenoxy) is 1. The van der Waals surface area contributed by atoms with Crippen molar-refractivity contribution in [3.63, 3.8) is 0 Å². The molecule has 0 bridgehead atoms. The Morgan fingerprint density at radius 3 is 2.84 bits per heavy atom. The number of nitrogens with one attached hydrogen (secondary N) is 1. The number of para-hydroxylation sites is 1. The van der Waals surface area contributed by atoms with Gasteiger partial charge in [0, 0.05) is 18.4 Å². The van der Waals surface area contributed by atoms with Gasteiger partial charge < -0.3 is 14.5 Å². The number of hydrogen-bond acceptors (Lipinski definition) is 5. The Hall–Kier alpha value is -3.15. The van der Waals surface area contributed by atoms with Gasteiger partial charge in [-0.05, 0) is 37.1 Å². The molecule has 0 fully saturated rings. The van der Waals surface area contributed by atoms with Crippen molar-refractivity contribution in [3.05, 3.63) is 78.3 Å². The number of hydrogen-bond donors (Lipinski definition) is 1. The second-order valence-electron chi connectivity index (χ2n) is 5.67. The van der Waals surface area contributed by atoms with Crippen molar-refractivity contribution in [2.75, 3.05) is 0 Å². The van der Waals surface area contributed by atoms with Crippen molar-refractivity contribution in [3.8, 4) is 5.75 Å². The number of oxazole rings is 1. The van der Waals surface area contributed by atoms with Crippen LogP contribution in [-0.2, 0) is 13.0 Å². The zero-order chi connectivity index (χ0) is 17.5. The molecule has 0 saturated heterocycles. The summed E-state index contributed by atoms with van der Waals surface area (Å²) in [5.74, 6) is 0.803. The Morgan fingerprint density at radius 1 is 1.24 bits per heavy atom. The van der Waals surface area contributed by atoms with E-state index in [1.54, 1.807) is 12.4 Å². The van der Waals surface area contributed by atoms with Gasteiger partial charge in [0.2, 0.25) is 5.89 Å². The van der Waals surface area contributed by atoms with Gasteiger partial charge in [0.25, 0.3) is 5.91 Å². The minimum atomic E-state index is -0.272. The Morgan fingerprint density at radius 2 is 2.08 bits per heavy atom. The summed E-state index contributed by atoms with van der Waals surface area (Å²) < 4.78 is 10.9. The predicted octanol–water partition coefficient (Wildman–Crippen LogP) is 3.01. The van der Waals surface area contributed by atoms with Crippen molar-refractivity contribution in [1.29, 1.82) is 0 Å². The highest BCUT2D eigenvalue weighted by molar-refractivity contribution is 5.92. The SMILES string of the molecule is CC(Cc1cccnc1)NC(=O)c1coc(COc2ccccc2)n1. The number of benzene rings is 1. The number of amides is 1. The van der Waals surface area contributed by atoms with Crippen molar-refractivity contribution < 1.29 is 13.9 Å². The standard InChI is InChI=1S/C19H19N3O3/c1-14(10-15-6-5-9-20-11-15)21-19(23)17-12-25-18(22-17)13-24-16-7-3-2-4-8-16/h2-9,11-12,14H,10,13H2,1H3,(H,21,23). The molecule has 0 aliphatic carbocycles. The van der Waals surface area contributed by atoms with E-state index in [0.29, 0.717) is 12.3 Å². The van der Waals surface area contributed by atoms with Crippen molar-refractivity contribution >= 4 is 5.91 Å². The van der Waals surface area contributed by atoms with E-state index >= 15 is 0 Å². The molecule has 0 aliphatic rings. The maximum atomic E-state index is 12.2. The Bertz CT molecular complexity index is 803. The van der Waals surface area contributed by atoms with Crippen LogP contribution in [0.25, 0.3) is 0 Å². The molecule has 0 spiro atoms.